The molecule has 0 fully saturated rings. The molecule has 0 bridgehead atoms. The van der Waals surface area contributed by atoms with Crippen LogP contribution in [-0.4, -0.2) is 0 Å². The molecule has 0 aromatic heterocycles. The third-order valence-corrected chi connectivity index (χ3v) is 4.28. The Labute approximate surface area is 157 Å². The largest absolute Gasteiger partial charge is 0.126 e. The van der Waals surface area contributed by atoms with E-state index in [4.69, 9.17) is 0 Å². The third-order valence-electron chi connectivity index (χ3n) is 3.70. The van der Waals surface area contributed by atoms with Crippen LogP contribution in [-0.2, 0) is 0 Å². The standard InChI is InChI=1S/C21H19P.HI/c22-21(19-14-8-3-9-15-19)16-20(17-10-4-1-5-11-17)18-12-6-2-7-13-18;/h1-16,21H,22H2;1H. The predicted octanol–water partition coefficient (Wildman–Crippen LogP) is 6.35. The molecule has 0 saturated carbocycles. The molecule has 0 amide bonds. The van der Waals surface area contributed by atoms with Crippen LogP contribution in [0.15, 0.2) is 97.1 Å². The Balaban J connectivity index is 0.00000192. The number of halogens is 1. The second kappa shape index (κ2) is 9.00. The Morgan fingerprint density at radius 3 is 1.48 bits per heavy atom. The van der Waals surface area contributed by atoms with Crippen LogP contribution in [0, 0.1) is 0 Å². The highest BCUT2D eigenvalue weighted by molar-refractivity contribution is 14.0. The highest BCUT2D eigenvalue weighted by Crippen LogP contribution is 2.31. The third kappa shape index (κ3) is 4.76. The van der Waals surface area contributed by atoms with Crippen molar-refractivity contribution in [3.8, 4) is 0 Å². The van der Waals surface area contributed by atoms with E-state index in [1.54, 1.807) is 0 Å². The molecule has 0 nitrogen and oxygen atoms in total. The van der Waals surface area contributed by atoms with Gasteiger partial charge < -0.3 is 0 Å². The van der Waals surface area contributed by atoms with Crippen LogP contribution in [0.1, 0.15) is 22.3 Å². The Bertz CT molecular complexity index is 695. The molecule has 2 atom stereocenters. The van der Waals surface area contributed by atoms with E-state index in [0.29, 0.717) is 0 Å². The van der Waals surface area contributed by atoms with Gasteiger partial charge in [0.15, 0.2) is 0 Å². The summed E-state index contributed by atoms with van der Waals surface area (Å²) in [6.45, 7) is 0. The van der Waals surface area contributed by atoms with Gasteiger partial charge in [-0.05, 0) is 22.3 Å². The second-order valence-corrected chi connectivity index (χ2v) is 5.97. The fraction of sp³-hybridized carbons (Fsp3) is 0.0476. The van der Waals surface area contributed by atoms with Crippen LogP contribution in [0.25, 0.3) is 5.57 Å². The van der Waals surface area contributed by atoms with E-state index in [1.807, 2.05) is 0 Å². The molecule has 116 valence electrons. The summed E-state index contributed by atoms with van der Waals surface area (Å²) in [5.74, 6) is 0. The maximum absolute atomic E-state index is 2.94. The van der Waals surface area contributed by atoms with Crippen LogP contribution >= 0.6 is 33.2 Å². The number of benzene rings is 3. The van der Waals surface area contributed by atoms with Crippen LogP contribution in [0.5, 0.6) is 0 Å². The molecule has 23 heavy (non-hydrogen) atoms. The minimum Gasteiger partial charge on any atom is -0.126 e. The van der Waals surface area contributed by atoms with Crippen LogP contribution in [0.3, 0.4) is 0 Å². The molecule has 0 aliphatic rings. The number of rotatable bonds is 4. The van der Waals surface area contributed by atoms with Gasteiger partial charge in [0.1, 0.15) is 0 Å². The van der Waals surface area contributed by atoms with Gasteiger partial charge >= 0.3 is 0 Å². The first-order chi connectivity index (χ1) is 10.8. The average Bonchev–Trinajstić information content (AvgIpc) is 2.62. The second-order valence-electron chi connectivity index (χ2n) is 5.25. The molecule has 3 rings (SSSR count). The molecule has 2 unspecified atom stereocenters. The Hall–Kier alpha value is -1.44. The lowest BCUT2D eigenvalue weighted by molar-refractivity contribution is 1.23. The van der Waals surface area contributed by atoms with E-state index in [1.165, 1.54) is 22.3 Å². The van der Waals surface area contributed by atoms with Crippen LogP contribution < -0.4 is 0 Å². The molecular formula is C21H20IP. The molecule has 3 aromatic carbocycles. The smallest absolute Gasteiger partial charge is 0.0173 e. The monoisotopic (exact) mass is 430 g/mol. The van der Waals surface area contributed by atoms with Crippen molar-refractivity contribution in [1.29, 1.82) is 0 Å². The molecule has 0 radical (unpaired) electrons. The van der Waals surface area contributed by atoms with E-state index < -0.39 is 0 Å². The minimum atomic E-state index is 0. The zero-order valence-electron chi connectivity index (χ0n) is 12.8. The lowest BCUT2D eigenvalue weighted by atomic mass is 9.96. The van der Waals surface area contributed by atoms with Crippen LogP contribution in [0.4, 0.5) is 0 Å². The highest BCUT2D eigenvalue weighted by atomic mass is 127. The summed E-state index contributed by atoms with van der Waals surface area (Å²) < 4.78 is 0. The summed E-state index contributed by atoms with van der Waals surface area (Å²) in [6.07, 6.45) is 2.32. The molecule has 0 saturated heterocycles. The van der Waals surface area contributed by atoms with Crippen molar-refractivity contribution >= 4 is 38.8 Å². The minimum absolute atomic E-state index is 0. The van der Waals surface area contributed by atoms with Gasteiger partial charge in [-0.15, -0.1) is 33.2 Å². The van der Waals surface area contributed by atoms with Gasteiger partial charge in [-0.25, -0.2) is 0 Å². The molecular weight excluding hydrogens is 410 g/mol. The maximum Gasteiger partial charge on any atom is 0.0173 e. The van der Waals surface area contributed by atoms with Gasteiger partial charge in [0.2, 0.25) is 0 Å². The van der Waals surface area contributed by atoms with Crippen molar-refractivity contribution in [3.05, 3.63) is 114 Å². The van der Waals surface area contributed by atoms with Crippen molar-refractivity contribution in [3.63, 3.8) is 0 Å². The molecule has 0 spiro atoms. The van der Waals surface area contributed by atoms with E-state index in [-0.39, 0.29) is 29.6 Å². The summed E-state index contributed by atoms with van der Waals surface area (Å²) >= 11 is 0. The predicted molar refractivity (Wildman–Crippen MR) is 114 cm³/mol. The lowest BCUT2D eigenvalue weighted by Gasteiger charge is -2.13. The van der Waals surface area contributed by atoms with Crippen molar-refractivity contribution in [2.45, 2.75) is 5.66 Å². The average molecular weight is 430 g/mol. The van der Waals surface area contributed by atoms with Gasteiger partial charge in [-0.2, -0.15) is 0 Å². The SMILES string of the molecule is I.PC(C=C(c1ccccc1)c1ccccc1)c1ccccc1. The topological polar surface area (TPSA) is 0 Å². The van der Waals surface area contributed by atoms with Gasteiger partial charge in [-0.3, -0.25) is 0 Å². The van der Waals surface area contributed by atoms with Crippen molar-refractivity contribution in [2.24, 2.45) is 0 Å². The normalized spacial score (nSPS) is 11.2. The van der Waals surface area contributed by atoms with E-state index in [9.17, 15) is 0 Å². The zero-order valence-corrected chi connectivity index (χ0v) is 16.3. The fourth-order valence-electron chi connectivity index (χ4n) is 2.55. The summed E-state index contributed by atoms with van der Waals surface area (Å²) in [6, 6.07) is 31.7. The molecule has 3 aromatic rings. The van der Waals surface area contributed by atoms with Crippen LogP contribution in [0.2, 0.25) is 0 Å². The summed E-state index contributed by atoms with van der Waals surface area (Å²) in [7, 11) is 2.94. The van der Waals surface area contributed by atoms with Crippen molar-refractivity contribution in [1.82, 2.24) is 0 Å². The zero-order chi connectivity index (χ0) is 15.2. The maximum atomic E-state index is 2.94. The molecule has 2 heteroatoms. The van der Waals surface area contributed by atoms with Gasteiger partial charge in [0, 0.05) is 5.66 Å². The molecule has 0 aliphatic carbocycles. The first kappa shape index (κ1) is 17.9. The number of allylic oxidation sites excluding steroid dienone is 1. The highest BCUT2D eigenvalue weighted by Gasteiger charge is 2.08. The molecule has 0 heterocycles. The van der Waals surface area contributed by atoms with E-state index in [0.717, 1.165) is 0 Å². The Morgan fingerprint density at radius 1 is 0.652 bits per heavy atom. The molecule has 0 N–H and O–H groups in total. The Kier molecular flexibility index (Phi) is 7.01. The van der Waals surface area contributed by atoms with Crippen molar-refractivity contribution in [2.75, 3.05) is 0 Å². The summed E-state index contributed by atoms with van der Waals surface area (Å²) in [4.78, 5) is 0. The first-order valence-corrected chi connectivity index (χ1v) is 8.14. The van der Waals surface area contributed by atoms with Gasteiger partial charge in [0.25, 0.3) is 0 Å². The Morgan fingerprint density at radius 2 is 1.04 bits per heavy atom. The number of hydrogen-bond acceptors (Lipinski definition) is 0. The van der Waals surface area contributed by atoms with E-state index >= 15 is 0 Å². The summed E-state index contributed by atoms with van der Waals surface area (Å²) in [5, 5.41) is 0. The van der Waals surface area contributed by atoms with E-state index in [2.05, 4.69) is 106 Å². The van der Waals surface area contributed by atoms with Gasteiger partial charge in [0.05, 0.1) is 0 Å². The number of hydrogen-bond donors (Lipinski definition) is 0. The quantitative estimate of drug-likeness (QED) is 0.334. The molecule has 0 aliphatic heterocycles. The van der Waals surface area contributed by atoms with Crippen molar-refractivity contribution < 1.29 is 0 Å². The first-order valence-electron chi connectivity index (χ1n) is 7.48. The lowest BCUT2D eigenvalue weighted by Crippen LogP contribution is -1.92. The summed E-state index contributed by atoms with van der Waals surface area (Å²) in [5.41, 5.74) is 5.35. The van der Waals surface area contributed by atoms with Gasteiger partial charge in [-0.1, -0.05) is 97.1 Å². The fourth-order valence-corrected chi connectivity index (χ4v) is 2.96.